The number of hydrogen-bond donors (Lipinski definition) is 1. The molecule has 3 heteroatoms. The van der Waals surface area contributed by atoms with Crippen molar-refractivity contribution in [1.29, 1.82) is 5.26 Å². The van der Waals surface area contributed by atoms with Gasteiger partial charge < -0.3 is 10.2 Å². The number of hydrogen-bond acceptors (Lipinski definition) is 3. The van der Waals surface area contributed by atoms with Crippen molar-refractivity contribution in [3.8, 4) is 6.07 Å². The van der Waals surface area contributed by atoms with Gasteiger partial charge in [-0.3, -0.25) is 0 Å². The Morgan fingerprint density at radius 2 is 2.07 bits per heavy atom. The van der Waals surface area contributed by atoms with E-state index in [9.17, 15) is 0 Å². The summed E-state index contributed by atoms with van der Waals surface area (Å²) in [6.45, 7) is 0. The number of nitrogens with one attached hydrogen (secondary N) is 1. The molecule has 2 fully saturated rings. The molecule has 0 aromatic heterocycles. The molecule has 0 heterocycles. The molecule has 0 spiro atoms. The third-order valence-electron chi connectivity index (χ3n) is 3.88. The van der Waals surface area contributed by atoms with E-state index in [0.29, 0.717) is 6.04 Å². The number of nitriles is 1. The Kier molecular flexibility index (Phi) is 2.50. The van der Waals surface area contributed by atoms with E-state index in [-0.39, 0.29) is 5.54 Å². The highest BCUT2D eigenvalue weighted by atomic mass is 15.2. The zero-order valence-corrected chi connectivity index (χ0v) is 9.08. The molecule has 0 aromatic carbocycles. The lowest BCUT2D eigenvalue weighted by atomic mass is 10.00. The maximum atomic E-state index is 9.14. The van der Waals surface area contributed by atoms with Crippen molar-refractivity contribution in [1.82, 2.24) is 10.2 Å². The lowest BCUT2D eigenvalue weighted by molar-refractivity contribution is 0.228. The fourth-order valence-electron chi connectivity index (χ4n) is 2.53. The van der Waals surface area contributed by atoms with Crippen LogP contribution in [0.1, 0.15) is 32.1 Å². The Labute approximate surface area is 86.1 Å². The third kappa shape index (κ3) is 1.65. The van der Waals surface area contributed by atoms with Crippen LogP contribution in [0.2, 0.25) is 0 Å². The average Bonchev–Trinajstić information content (AvgIpc) is 2.97. The van der Waals surface area contributed by atoms with Crippen LogP contribution in [0.25, 0.3) is 0 Å². The van der Waals surface area contributed by atoms with E-state index in [4.69, 9.17) is 5.26 Å². The van der Waals surface area contributed by atoms with Gasteiger partial charge in [0, 0.05) is 12.1 Å². The van der Waals surface area contributed by atoms with Crippen LogP contribution in [0.3, 0.4) is 0 Å². The largest absolute Gasteiger partial charge is 0.302 e. The summed E-state index contributed by atoms with van der Waals surface area (Å²) < 4.78 is 0. The predicted molar refractivity (Wildman–Crippen MR) is 55.8 cm³/mol. The van der Waals surface area contributed by atoms with Crippen LogP contribution in [0.4, 0.5) is 0 Å². The van der Waals surface area contributed by atoms with Gasteiger partial charge in [-0.25, -0.2) is 0 Å². The van der Waals surface area contributed by atoms with Crippen LogP contribution in [-0.4, -0.2) is 36.6 Å². The first kappa shape index (κ1) is 9.95. The lowest BCUT2D eigenvalue weighted by Gasteiger charge is -2.26. The first-order valence-corrected chi connectivity index (χ1v) is 5.53. The molecular formula is C11H19N3. The van der Waals surface area contributed by atoms with Gasteiger partial charge in [-0.2, -0.15) is 5.26 Å². The van der Waals surface area contributed by atoms with Crippen LogP contribution in [-0.2, 0) is 0 Å². The second-order valence-corrected chi connectivity index (χ2v) is 4.74. The van der Waals surface area contributed by atoms with Crippen molar-refractivity contribution in [3.63, 3.8) is 0 Å². The normalized spacial score (nSPS) is 37.4. The van der Waals surface area contributed by atoms with Gasteiger partial charge >= 0.3 is 0 Å². The molecule has 0 aromatic rings. The summed E-state index contributed by atoms with van der Waals surface area (Å²) >= 11 is 0. The van der Waals surface area contributed by atoms with E-state index >= 15 is 0 Å². The fraction of sp³-hybridized carbons (Fsp3) is 0.909. The van der Waals surface area contributed by atoms with Gasteiger partial charge in [-0.15, -0.1) is 0 Å². The number of nitrogens with zero attached hydrogens (tertiary/aromatic N) is 2. The minimum atomic E-state index is -0.242. The monoisotopic (exact) mass is 193 g/mol. The summed E-state index contributed by atoms with van der Waals surface area (Å²) in [4.78, 5) is 2.48. The molecular weight excluding hydrogens is 174 g/mol. The van der Waals surface area contributed by atoms with E-state index < -0.39 is 0 Å². The second kappa shape index (κ2) is 3.52. The van der Waals surface area contributed by atoms with Crippen molar-refractivity contribution < 1.29 is 0 Å². The zero-order chi connectivity index (χ0) is 10.2. The first-order chi connectivity index (χ1) is 6.71. The molecule has 3 nitrogen and oxygen atoms in total. The summed E-state index contributed by atoms with van der Waals surface area (Å²) in [6.07, 6.45) is 5.87. The topological polar surface area (TPSA) is 39.1 Å². The Hall–Kier alpha value is -0.590. The SMILES string of the molecule is CNC1(C#N)CCC(N(C)C2CC2)C1. The van der Waals surface area contributed by atoms with E-state index in [1.165, 1.54) is 19.3 Å². The Morgan fingerprint density at radius 3 is 2.50 bits per heavy atom. The summed E-state index contributed by atoms with van der Waals surface area (Å²) in [6, 6.07) is 3.86. The van der Waals surface area contributed by atoms with Crippen molar-refractivity contribution in [2.75, 3.05) is 14.1 Å². The van der Waals surface area contributed by atoms with E-state index in [1.54, 1.807) is 0 Å². The second-order valence-electron chi connectivity index (χ2n) is 4.74. The van der Waals surface area contributed by atoms with Crippen LogP contribution < -0.4 is 5.32 Å². The molecule has 0 saturated heterocycles. The van der Waals surface area contributed by atoms with Gasteiger partial charge in [0.1, 0.15) is 5.54 Å². The summed E-state index contributed by atoms with van der Waals surface area (Å²) in [7, 11) is 4.12. The molecule has 78 valence electrons. The highest BCUT2D eigenvalue weighted by Gasteiger charge is 2.42. The average molecular weight is 193 g/mol. The van der Waals surface area contributed by atoms with Crippen molar-refractivity contribution >= 4 is 0 Å². The molecule has 0 amide bonds. The molecule has 2 rings (SSSR count). The molecule has 2 unspecified atom stereocenters. The van der Waals surface area contributed by atoms with Crippen LogP contribution in [0.5, 0.6) is 0 Å². The van der Waals surface area contributed by atoms with Gasteiger partial charge in [-0.05, 0) is 46.2 Å². The van der Waals surface area contributed by atoms with Gasteiger partial charge in [0.25, 0.3) is 0 Å². The minimum Gasteiger partial charge on any atom is -0.302 e. The standard InChI is InChI=1S/C11H19N3/c1-13-11(8-12)6-5-10(7-11)14(2)9-3-4-9/h9-10,13H,3-7H2,1-2H3. The van der Waals surface area contributed by atoms with Crippen molar-refractivity contribution in [2.24, 2.45) is 0 Å². The van der Waals surface area contributed by atoms with E-state index in [0.717, 1.165) is 18.9 Å². The highest BCUT2D eigenvalue weighted by Crippen LogP contribution is 2.36. The van der Waals surface area contributed by atoms with Gasteiger partial charge in [0.05, 0.1) is 6.07 Å². The third-order valence-corrected chi connectivity index (χ3v) is 3.88. The van der Waals surface area contributed by atoms with Crippen LogP contribution in [0, 0.1) is 11.3 Å². The molecule has 0 aliphatic heterocycles. The van der Waals surface area contributed by atoms with Crippen LogP contribution in [0.15, 0.2) is 0 Å². The first-order valence-electron chi connectivity index (χ1n) is 5.53. The number of rotatable bonds is 3. The Bertz CT molecular complexity index is 254. The Morgan fingerprint density at radius 1 is 1.36 bits per heavy atom. The molecule has 0 radical (unpaired) electrons. The molecule has 2 saturated carbocycles. The smallest absolute Gasteiger partial charge is 0.108 e. The fourth-order valence-corrected chi connectivity index (χ4v) is 2.53. The molecule has 2 aliphatic carbocycles. The molecule has 2 aliphatic rings. The van der Waals surface area contributed by atoms with E-state index in [2.05, 4.69) is 23.3 Å². The summed E-state index contributed by atoms with van der Waals surface area (Å²) in [5.41, 5.74) is -0.242. The maximum Gasteiger partial charge on any atom is 0.108 e. The van der Waals surface area contributed by atoms with E-state index in [1.807, 2.05) is 7.05 Å². The Balaban J connectivity index is 1.96. The molecule has 0 bridgehead atoms. The molecule has 14 heavy (non-hydrogen) atoms. The molecule has 2 atom stereocenters. The van der Waals surface area contributed by atoms with Gasteiger partial charge in [0.15, 0.2) is 0 Å². The quantitative estimate of drug-likeness (QED) is 0.730. The lowest BCUT2D eigenvalue weighted by Crippen LogP contribution is -2.41. The van der Waals surface area contributed by atoms with Gasteiger partial charge in [-0.1, -0.05) is 0 Å². The summed E-state index contributed by atoms with van der Waals surface area (Å²) in [5.74, 6) is 0. The van der Waals surface area contributed by atoms with Crippen LogP contribution >= 0.6 is 0 Å². The predicted octanol–water partition coefficient (Wildman–Crippen LogP) is 1.11. The van der Waals surface area contributed by atoms with Gasteiger partial charge in [0.2, 0.25) is 0 Å². The highest BCUT2D eigenvalue weighted by molar-refractivity contribution is 5.13. The summed E-state index contributed by atoms with van der Waals surface area (Å²) in [5, 5.41) is 12.3. The zero-order valence-electron chi connectivity index (χ0n) is 9.08. The van der Waals surface area contributed by atoms with Crippen molar-refractivity contribution in [2.45, 2.75) is 49.7 Å². The maximum absolute atomic E-state index is 9.14. The molecule has 1 N–H and O–H groups in total. The van der Waals surface area contributed by atoms with Crippen molar-refractivity contribution in [3.05, 3.63) is 0 Å². The minimum absolute atomic E-state index is 0.242.